The first-order chi connectivity index (χ1) is 7.90. The molecule has 0 saturated heterocycles. The van der Waals surface area contributed by atoms with E-state index in [2.05, 4.69) is 9.97 Å². The van der Waals surface area contributed by atoms with Gasteiger partial charge in [0.05, 0.1) is 11.3 Å². The zero-order chi connectivity index (χ0) is 11.0. The van der Waals surface area contributed by atoms with E-state index in [0.717, 1.165) is 27.6 Å². The maximum absolute atomic E-state index is 5.40. The number of aromatic nitrogens is 2. The van der Waals surface area contributed by atoms with Crippen LogP contribution in [0.25, 0.3) is 21.8 Å². The van der Waals surface area contributed by atoms with E-state index in [9.17, 15) is 0 Å². The Morgan fingerprint density at radius 1 is 1.06 bits per heavy atom. The SMILES string of the molecule is [AlH][O]c1cccc2cnc3cccnc3c12. The molecule has 0 aliphatic heterocycles. The lowest BCUT2D eigenvalue weighted by Gasteiger charge is -2.08. The van der Waals surface area contributed by atoms with Crippen LogP contribution >= 0.6 is 0 Å². The second kappa shape index (κ2) is 3.75. The molecule has 0 N–H and O–H groups in total. The minimum atomic E-state index is 0.849. The summed E-state index contributed by atoms with van der Waals surface area (Å²) >= 11 is 1.47. The third kappa shape index (κ3) is 1.35. The summed E-state index contributed by atoms with van der Waals surface area (Å²) < 4.78 is 5.40. The van der Waals surface area contributed by atoms with Crippen LogP contribution in [0.3, 0.4) is 0 Å². The van der Waals surface area contributed by atoms with E-state index < -0.39 is 0 Å². The van der Waals surface area contributed by atoms with Gasteiger partial charge in [0.25, 0.3) is 0 Å². The van der Waals surface area contributed by atoms with Gasteiger partial charge in [-0.3, -0.25) is 9.97 Å². The molecule has 2 heterocycles. The summed E-state index contributed by atoms with van der Waals surface area (Å²) in [5, 5.41) is 2.08. The molecule has 16 heavy (non-hydrogen) atoms. The molecule has 3 aromatic rings. The highest BCUT2D eigenvalue weighted by atomic mass is 27.1. The van der Waals surface area contributed by atoms with E-state index in [1.165, 1.54) is 16.6 Å². The molecule has 1 aromatic carbocycles. The molecular weight excluding hydrogens is 215 g/mol. The third-order valence-electron chi connectivity index (χ3n) is 2.58. The number of nitrogens with zero attached hydrogens (tertiary/aromatic N) is 2. The molecule has 75 valence electrons. The van der Waals surface area contributed by atoms with Gasteiger partial charge in [-0.2, -0.15) is 0 Å². The molecule has 0 atom stereocenters. The normalized spacial score (nSPS) is 10.8. The van der Waals surface area contributed by atoms with Gasteiger partial charge in [-0.05, 0) is 18.2 Å². The van der Waals surface area contributed by atoms with Crippen molar-refractivity contribution in [1.29, 1.82) is 0 Å². The molecule has 0 aliphatic rings. The molecule has 0 amide bonds. The van der Waals surface area contributed by atoms with Crippen LogP contribution in [0.15, 0.2) is 42.7 Å². The standard InChI is InChI=1S/C12H8N2O.Al.H/c15-10-5-1-3-8-7-14-9-4-2-6-13-12(9)11(8)10;;/h1-7,15H;;/q;+1;/p-1. The molecule has 0 unspecified atom stereocenters. The summed E-state index contributed by atoms with van der Waals surface area (Å²) in [4.78, 5) is 8.75. The summed E-state index contributed by atoms with van der Waals surface area (Å²) in [6.45, 7) is 0. The van der Waals surface area contributed by atoms with Crippen LogP contribution in [0.1, 0.15) is 0 Å². The molecule has 2 aromatic heterocycles. The lowest BCUT2D eigenvalue weighted by molar-refractivity contribution is 0.624. The molecule has 3 nitrogen and oxygen atoms in total. The van der Waals surface area contributed by atoms with E-state index in [1.54, 1.807) is 6.20 Å². The van der Waals surface area contributed by atoms with Crippen LogP contribution in [-0.2, 0) is 0 Å². The lowest BCUT2D eigenvalue weighted by Crippen LogP contribution is -1.90. The summed E-state index contributed by atoms with van der Waals surface area (Å²) in [6, 6.07) is 9.77. The van der Waals surface area contributed by atoms with Gasteiger partial charge in [0.1, 0.15) is 5.52 Å². The molecule has 0 aliphatic carbocycles. The molecule has 1 radical (unpaired) electrons. The van der Waals surface area contributed by atoms with Crippen LogP contribution in [0.2, 0.25) is 0 Å². The third-order valence-corrected chi connectivity index (χ3v) is 2.89. The second-order valence-corrected chi connectivity index (χ2v) is 3.78. The van der Waals surface area contributed by atoms with Gasteiger partial charge in [-0.1, -0.05) is 12.1 Å². The van der Waals surface area contributed by atoms with Crippen molar-refractivity contribution in [3.8, 4) is 5.75 Å². The zero-order valence-corrected chi connectivity index (χ0v) is 9.97. The predicted molar refractivity (Wildman–Crippen MR) is 64.8 cm³/mol. The molecule has 4 heteroatoms. The molecule has 3 rings (SSSR count). The van der Waals surface area contributed by atoms with Gasteiger partial charge in [0.2, 0.25) is 0 Å². The van der Waals surface area contributed by atoms with Crippen molar-refractivity contribution in [2.24, 2.45) is 0 Å². The van der Waals surface area contributed by atoms with Crippen molar-refractivity contribution in [2.45, 2.75) is 0 Å². The fourth-order valence-electron chi connectivity index (χ4n) is 1.86. The van der Waals surface area contributed by atoms with Crippen LogP contribution in [0, 0.1) is 0 Å². The van der Waals surface area contributed by atoms with Crippen molar-refractivity contribution in [3.05, 3.63) is 42.7 Å². The Hall–Kier alpha value is -1.63. The monoisotopic (exact) mass is 223 g/mol. The second-order valence-electron chi connectivity index (χ2n) is 3.49. The Balaban J connectivity index is 2.57. The highest BCUT2D eigenvalue weighted by molar-refractivity contribution is 6.09. The molecule has 0 fully saturated rings. The average molecular weight is 223 g/mol. The largest absolute Gasteiger partial charge is 0.650 e. The highest BCUT2D eigenvalue weighted by Crippen LogP contribution is 2.29. The van der Waals surface area contributed by atoms with E-state index in [-0.39, 0.29) is 0 Å². The van der Waals surface area contributed by atoms with Gasteiger partial charge in [0, 0.05) is 23.2 Å². The molecule has 0 spiro atoms. The molecule has 0 bridgehead atoms. The minimum Gasteiger partial charge on any atom is -0.650 e. The first-order valence-corrected chi connectivity index (χ1v) is 5.52. The van der Waals surface area contributed by atoms with E-state index in [1.807, 2.05) is 36.5 Å². The Morgan fingerprint density at radius 3 is 2.88 bits per heavy atom. The Bertz CT molecular complexity index is 669. The molecular formula is C12H8AlN2O. The average Bonchev–Trinajstić information content (AvgIpc) is 2.37. The van der Waals surface area contributed by atoms with E-state index >= 15 is 0 Å². The number of fused-ring (bicyclic) bond motifs is 3. The Labute approximate surface area is 101 Å². The Kier molecular flexibility index (Phi) is 2.25. The predicted octanol–water partition coefficient (Wildman–Crippen LogP) is 1.98. The van der Waals surface area contributed by atoms with Gasteiger partial charge in [-0.15, -0.1) is 0 Å². The smallest absolute Gasteiger partial charge is 0.494 e. The number of benzene rings is 1. The summed E-state index contributed by atoms with van der Waals surface area (Å²) in [5.41, 5.74) is 1.78. The summed E-state index contributed by atoms with van der Waals surface area (Å²) in [6.07, 6.45) is 3.63. The number of pyridine rings is 2. The van der Waals surface area contributed by atoms with Crippen molar-refractivity contribution in [1.82, 2.24) is 9.97 Å². The van der Waals surface area contributed by atoms with E-state index in [0.29, 0.717) is 0 Å². The maximum Gasteiger partial charge on any atom is 0.494 e. The summed E-state index contributed by atoms with van der Waals surface area (Å²) in [7, 11) is 0. The highest BCUT2D eigenvalue weighted by Gasteiger charge is 2.06. The quantitative estimate of drug-likeness (QED) is 0.467. The zero-order valence-electron chi connectivity index (χ0n) is 8.55. The van der Waals surface area contributed by atoms with Crippen molar-refractivity contribution < 1.29 is 3.79 Å². The van der Waals surface area contributed by atoms with Crippen LogP contribution < -0.4 is 3.79 Å². The first-order valence-electron chi connectivity index (χ1n) is 4.94. The van der Waals surface area contributed by atoms with Gasteiger partial charge in [0.15, 0.2) is 0 Å². The summed E-state index contributed by atoms with van der Waals surface area (Å²) in [5.74, 6) is 0.849. The fourth-order valence-corrected chi connectivity index (χ4v) is 2.10. The lowest BCUT2D eigenvalue weighted by atomic mass is 10.1. The van der Waals surface area contributed by atoms with Crippen molar-refractivity contribution >= 4 is 38.4 Å². The van der Waals surface area contributed by atoms with Crippen LogP contribution in [0.4, 0.5) is 0 Å². The van der Waals surface area contributed by atoms with Crippen molar-refractivity contribution in [2.75, 3.05) is 0 Å². The number of hydrogen-bond acceptors (Lipinski definition) is 3. The van der Waals surface area contributed by atoms with Crippen LogP contribution in [0.5, 0.6) is 5.75 Å². The molecule has 0 saturated carbocycles. The topological polar surface area (TPSA) is 35.0 Å². The maximum atomic E-state index is 5.40. The van der Waals surface area contributed by atoms with E-state index in [4.69, 9.17) is 3.79 Å². The van der Waals surface area contributed by atoms with Gasteiger partial charge < -0.3 is 3.79 Å². The van der Waals surface area contributed by atoms with Crippen LogP contribution in [-0.4, -0.2) is 26.6 Å². The Morgan fingerprint density at radius 2 is 2.00 bits per heavy atom. The first kappa shape index (κ1) is 9.59. The van der Waals surface area contributed by atoms with Gasteiger partial charge >= 0.3 is 16.6 Å². The number of rotatable bonds is 1. The van der Waals surface area contributed by atoms with Crippen molar-refractivity contribution in [3.63, 3.8) is 0 Å². The fraction of sp³-hybridized carbons (Fsp3) is 0. The number of hydrogen-bond donors (Lipinski definition) is 0. The van der Waals surface area contributed by atoms with Gasteiger partial charge in [-0.25, -0.2) is 0 Å². The minimum absolute atomic E-state index is 0.849.